The molecule has 0 spiro atoms. The minimum atomic E-state index is -0.999. The number of benzene rings is 2. The third-order valence-corrected chi connectivity index (χ3v) is 9.30. The van der Waals surface area contributed by atoms with Gasteiger partial charge in [0, 0.05) is 35.7 Å². The molecular formula is C31H34ClN3O2. The van der Waals surface area contributed by atoms with E-state index < -0.39 is 5.97 Å². The fourth-order valence-electron chi connectivity index (χ4n) is 7.51. The average Bonchev–Trinajstić information content (AvgIpc) is 3.50. The molecule has 3 aliphatic rings. The molecule has 0 radical (unpaired) electrons. The number of carbonyl (C=O) groups is 1. The fourth-order valence-corrected chi connectivity index (χ4v) is 7.75. The second-order valence-electron chi connectivity index (χ2n) is 11.6. The number of pyridine rings is 1. The zero-order chi connectivity index (χ0) is 25.7. The Balaban J connectivity index is 1.23. The quantitative estimate of drug-likeness (QED) is 0.357. The Morgan fingerprint density at radius 2 is 1.92 bits per heavy atom. The first-order valence-electron chi connectivity index (χ1n) is 13.4. The van der Waals surface area contributed by atoms with E-state index in [0.29, 0.717) is 11.2 Å². The van der Waals surface area contributed by atoms with Gasteiger partial charge in [-0.1, -0.05) is 43.6 Å². The Morgan fingerprint density at radius 3 is 2.65 bits per heavy atom. The van der Waals surface area contributed by atoms with Gasteiger partial charge in [-0.15, -0.1) is 0 Å². The normalized spacial score (nSPS) is 26.2. The number of carboxylic acid groups (broad SMARTS) is 1. The Labute approximate surface area is 223 Å². The van der Waals surface area contributed by atoms with Crippen LogP contribution in [0.1, 0.15) is 66.6 Å². The van der Waals surface area contributed by atoms with Crippen LogP contribution in [0.5, 0.6) is 0 Å². The van der Waals surface area contributed by atoms with Crippen molar-refractivity contribution in [2.24, 2.45) is 17.8 Å². The summed E-state index contributed by atoms with van der Waals surface area (Å²) in [5.41, 5.74) is 6.33. The molecule has 0 amide bonds. The van der Waals surface area contributed by atoms with Gasteiger partial charge in [-0.2, -0.15) is 0 Å². The Morgan fingerprint density at radius 1 is 1.14 bits per heavy atom. The summed E-state index contributed by atoms with van der Waals surface area (Å²) in [6.07, 6.45) is 7.84. The summed E-state index contributed by atoms with van der Waals surface area (Å²) < 4.78 is 0. The third kappa shape index (κ3) is 4.37. The standard InChI is InChI=1S/C31H34ClN3O2/c1-19-12-24-13-20(2)17-31(24,16-19)23-7-5-22(27(32)14-23)18-35-11-9-21-6-8-25(15-28(21)35)34-29-26(30(36)37)4-3-10-33-29/h3-8,10,14-15,19-20,24H,9,11-13,16-18H2,1-2H3,(H,33,34)(H,36,37). The molecule has 5 nitrogen and oxygen atoms in total. The van der Waals surface area contributed by atoms with Crippen molar-refractivity contribution in [3.05, 3.63) is 82.0 Å². The number of aromatic nitrogens is 1. The van der Waals surface area contributed by atoms with Crippen LogP contribution in [-0.4, -0.2) is 22.6 Å². The topological polar surface area (TPSA) is 65.5 Å². The average molecular weight is 516 g/mol. The molecule has 37 heavy (non-hydrogen) atoms. The molecule has 192 valence electrons. The van der Waals surface area contributed by atoms with Gasteiger partial charge in [-0.05, 0) is 102 Å². The lowest BCUT2D eigenvalue weighted by atomic mass is 9.73. The van der Waals surface area contributed by atoms with Crippen molar-refractivity contribution in [1.29, 1.82) is 0 Å². The predicted molar refractivity (Wildman–Crippen MR) is 149 cm³/mol. The number of rotatable bonds is 6. The number of hydrogen-bond donors (Lipinski definition) is 2. The summed E-state index contributed by atoms with van der Waals surface area (Å²) in [5, 5.41) is 13.6. The van der Waals surface area contributed by atoms with Crippen LogP contribution in [0.3, 0.4) is 0 Å². The number of fused-ring (bicyclic) bond motifs is 2. The number of carboxylic acids is 1. The van der Waals surface area contributed by atoms with Gasteiger partial charge in [0.2, 0.25) is 0 Å². The molecule has 2 aromatic carbocycles. The van der Waals surface area contributed by atoms with Crippen LogP contribution in [0.25, 0.3) is 0 Å². The van der Waals surface area contributed by atoms with Crippen LogP contribution in [0, 0.1) is 17.8 Å². The molecule has 2 saturated carbocycles. The van der Waals surface area contributed by atoms with Crippen molar-refractivity contribution in [3.63, 3.8) is 0 Å². The largest absolute Gasteiger partial charge is 0.478 e. The second kappa shape index (κ2) is 9.36. The summed E-state index contributed by atoms with van der Waals surface area (Å²) in [4.78, 5) is 18.2. The molecule has 2 fully saturated rings. The van der Waals surface area contributed by atoms with Crippen molar-refractivity contribution in [1.82, 2.24) is 4.98 Å². The SMILES string of the molecule is CC1CC2CC(C)CC2(c2ccc(CN3CCc4ccc(Nc5ncccc5C(=O)O)cc43)c(Cl)c2)C1. The van der Waals surface area contributed by atoms with Crippen LogP contribution in [0.2, 0.25) is 5.02 Å². The molecule has 6 heteroatoms. The molecule has 2 unspecified atom stereocenters. The van der Waals surface area contributed by atoms with Crippen LogP contribution in [0.15, 0.2) is 54.7 Å². The molecule has 2 aliphatic carbocycles. The number of nitrogens with one attached hydrogen (secondary N) is 1. The highest BCUT2D eigenvalue weighted by Gasteiger charge is 2.52. The molecular weight excluding hydrogens is 482 g/mol. The van der Waals surface area contributed by atoms with Crippen LogP contribution in [0.4, 0.5) is 17.2 Å². The van der Waals surface area contributed by atoms with E-state index in [1.54, 1.807) is 18.3 Å². The van der Waals surface area contributed by atoms with Gasteiger partial charge < -0.3 is 15.3 Å². The summed E-state index contributed by atoms with van der Waals surface area (Å²) in [6, 6.07) is 16.3. The van der Waals surface area contributed by atoms with Gasteiger partial charge in [-0.3, -0.25) is 0 Å². The van der Waals surface area contributed by atoms with E-state index in [1.165, 1.54) is 36.8 Å². The summed E-state index contributed by atoms with van der Waals surface area (Å²) in [6.45, 7) is 6.50. The van der Waals surface area contributed by atoms with Gasteiger partial charge in [0.1, 0.15) is 11.4 Å². The molecule has 1 aromatic heterocycles. The van der Waals surface area contributed by atoms with E-state index >= 15 is 0 Å². The fraction of sp³-hybridized carbons (Fsp3) is 0.419. The minimum Gasteiger partial charge on any atom is -0.478 e. The van der Waals surface area contributed by atoms with Gasteiger partial charge in [0.05, 0.1) is 0 Å². The summed E-state index contributed by atoms with van der Waals surface area (Å²) in [5.74, 6) is 1.71. The van der Waals surface area contributed by atoms with Gasteiger partial charge in [0.25, 0.3) is 0 Å². The van der Waals surface area contributed by atoms with Gasteiger partial charge in [0.15, 0.2) is 0 Å². The number of halogens is 1. The highest BCUT2D eigenvalue weighted by atomic mass is 35.5. The first kappa shape index (κ1) is 24.3. The first-order chi connectivity index (χ1) is 17.8. The maximum absolute atomic E-state index is 11.6. The zero-order valence-corrected chi connectivity index (χ0v) is 22.3. The van der Waals surface area contributed by atoms with Gasteiger partial charge >= 0.3 is 5.97 Å². The Kier molecular flexibility index (Phi) is 6.15. The van der Waals surface area contributed by atoms with E-state index in [2.05, 4.69) is 59.4 Å². The third-order valence-electron chi connectivity index (χ3n) is 8.95. The maximum Gasteiger partial charge on any atom is 0.339 e. The van der Waals surface area contributed by atoms with E-state index in [1.807, 2.05) is 6.07 Å². The lowest BCUT2D eigenvalue weighted by molar-refractivity contribution is 0.0697. The summed E-state index contributed by atoms with van der Waals surface area (Å²) >= 11 is 6.96. The smallest absolute Gasteiger partial charge is 0.339 e. The molecule has 2 atom stereocenters. The van der Waals surface area contributed by atoms with Crippen molar-refractivity contribution < 1.29 is 9.90 Å². The predicted octanol–water partition coefficient (Wildman–Crippen LogP) is 7.45. The Bertz CT molecular complexity index is 1340. The van der Waals surface area contributed by atoms with Crippen molar-refractivity contribution in [2.45, 2.75) is 57.9 Å². The monoisotopic (exact) mass is 515 g/mol. The Hall–Kier alpha value is -3.05. The molecule has 0 bridgehead atoms. The van der Waals surface area contributed by atoms with Crippen molar-refractivity contribution >= 4 is 34.8 Å². The lowest BCUT2D eigenvalue weighted by Crippen LogP contribution is -2.26. The van der Waals surface area contributed by atoms with Gasteiger partial charge in [-0.25, -0.2) is 9.78 Å². The van der Waals surface area contributed by atoms with E-state index in [9.17, 15) is 9.90 Å². The van der Waals surface area contributed by atoms with Crippen LogP contribution >= 0.6 is 11.6 Å². The van der Waals surface area contributed by atoms with E-state index in [4.69, 9.17) is 11.6 Å². The number of aromatic carboxylic acids is 1. The molecule has 1 aliphatic heterocycles. The molecule has 6 rings (SSSR count). The highest BCUT2D eigenvalue weighted by Crippen LogP contribution is 2.59. The van der Waals surface area contributed by atoms with Crippen LogP contribution < -0.4 is 10.2 Å². The van der Waals surface area contributed by atoms with Crippen molar-refractivity contribution in [3.8, 4) is 0 Å². The number of anilines is 3. The van der Waals surface area contributed by atoms with E-state index in [-0.39, 0.29) is 5.56 Å². The summed E-state index contributed by atoms with van der Waals surface area (Å²) in [7, 11) is 0. The van der Waals surface area contributed by atoms with Crippen LogP contribution in [-0.2, 0) is 18.4 Å². The zero-order valence-electron chi connectivity index (χ0n) is 21.5. The van der Waals surface area contributed by atoms with E-state index in [0.717, 1.165) is 59.2 Å². The van der Waals surface area contributed by atoms with Crippen molar-refractivity contribution in [2.75, 3.05) is 16.8 Å². The molecule has 0 saturated heterocycles. The first-order valence-corrected chi connectivity index (χ1v) is 13.8. The number of nitrogens with zero attached hydrogens (tertiary/aromatic N) is 2. The lowest BCUT2D eigenvalue weighted by Gasteiger charge is -2.31. The molecule has 3 aromatic rings. The molecule has 2 heterocycles. The maximum atomic E-state index is 11.6. The number of hydrogen-bond acceptors (Lipinski definition) is 4. The highest BCUT2D eigenvalue weighted by molar-refractivity contribution is 6.31. The minimum absolute atomic E-state index is 0.154. The molecule has 2 N–H and O–H groups in total. The second-order valence-corrected chi connectivity index (χ2v) is 12.0.